The van der Waals surface area contributed by atoms with Crippen LogP contribution in [0.15, 0.2) is 78.9 Å². The van der Waals surface area contributed by atoms with Crippen molar-refractivity contribution in [2.45, 2.75) is 12.1 Å². The van der Waals surface area contributed by atoms with Crippen molar-refractivity contribution >= 4 is 34.8 Å². The number of hydrogen-bond donors (Lipinski definition) is 0. The maximum absolute atomic E-state index is 13.5. The highest BCUT2D eigenvalue weighted by Gasteiger charge is 2.60. The van der Waals surface area contributed by atoms with Gasteiger partial charge in [0.15, 0.2) is 6.10 Å². The fourth-order valence-electron chi connectivity index (χ4n) is 4.20. The maximum Gasteiger partial charge on any atom is 0.266 e. The Morgan fingerprint density at radius 3 is 2.16 bits per heavy atom. The maximum atomic E-state index is 13.5. The van der Waals surface area contributed by atoms with Crippen molar-refractivity contribution in [2.24, 2.45) is 5.92 Å². The molecule has 0 saturated carbocycles. The summed E-state index contributed by atoms with van der Waals surface area (Å²) in [6.45, 7) is 0. The molecule has 5 rings (SSSR count). The molecule has 0 bridgehead atoms. The van der Waals surface area contributed by atoms with Gasteiger partial charge in [0.1, 0.15) is 11.7 Å². The zero-order chi connectivity index (χ0) is 21.5. The van der Waals surface area contributed by atoms with Gasteiger partial charge in [-0.25, -0.2) is 9.96 Å². The Kier molecular flexibility index (Phi) is 4.88. The Morgan fingerprint density at radius 1 is 0.839 bits per heavy atom. The Morgan fingerprint density at radius 2 is 1.52 bits per heavy atom. The number of hydroxylamine groups is 1. The molecule has 3 aromatic carbocycles. The second kappa shape index (κ2) is 7.72. The van der Waals surface area contributed by atoms with Crippen molar-refractivity contribution < 1.29 is 19.2 Å². The summed E-state index contributed by atoms with van der Waals surface area (Å²) in [7, 11) is 1.60. The third kappa shape index (κ3) is 3.24. The fraction of sp³-hybridized carbons (Fsp3) is 0.167. The Hall–Kier alpha value is -3.35. The van der Waals surface area contributed by atoms with Crippen LogP contribution in [0.4, 0.5) is 11.4 Å². The second-order valence-corrected chi connectivity index (χ2v) is 7.86. The number of anilines is 2. The molecule has 2 aliphatic rings. The molecular formula is C24H19ClN2O4. The quantitative estimate of drug-likeness (QED) is 0.570. The van der Waals surface area contributed by atoms with Gasteiger partial charge in [-0.05, 0) is 54.1 Å². The summed E-state index contributed by atoms with van der Waals surface area (Å²) in [5.74, 6) is -0.648. The van der Waals surface area contributed by atoms with Crippen molar-refractivity contribution in [1.29, 1.82) is 0 Å². The van der Waals surface area contributed by atoms with E-state index < -0.39 is 18.1 Å². The van der Waals surface area contributed by atoms with E-state index in [1.807, 2.05) is 54.6 Å². The lowest BCUT2D eigenvalue weighted by atomic mass is 9.90. The molecule has 0 spiro atoms. The molecule has 3 unspecified atom stereocenters. The van der Waals surface area contributed by atoms with Crippen LogP contribution in [-0.2, 0) is 14.4 Å². The van der Waals surface area contributed by atoms with Crippen LogP contribution in [0.2, 0.25) is 5.02 Å². The van der Waals surface area contributed by atoms with E-state index in [1.54, 1.807) is 36.4 Å². The highest BCUT2D eigenvalue weighted by Crippen LogP contribution is 2.47. The minimum absolute atomic E-state index is 0.295. The molecule has 0 N–H and O–H groups in total. The van der Waals surface area contributed by atoms with Gasteiger partial charge in [-0.2, -0.15) is 0 Å². The first kappa shape index (κ1) is 19.6. The molecule has 0 aromatic heterocycles. The van der Waals surface area contributed by atoms with E-state index in [-0.39, 0.29) is 11.8 Å². The SMILES string of the molecule is COc1ccc(C2C3C(=O)N(c4ccc(Cl)cc4)C(=O)C3ON2c2ccccc2)cc1. The van der Waals surface area contributed by atoms with Gasteiger partial charge >= 0.3 is 0 Å². The van der Waals surface area contributed by atoms with Crippen LogP contribution in [-0.4, -0.2) is 25.0 Å². The number of nitrogens with zero attached hydrogens (tertiary/aromatic N) is 2. The largest absolute Gasteiger partial charge is 0.497 e. The zero-order valence-electron chi connectivity index (χ0n) is 16.6. The summed E-state index contributed by atoms with van der Waals surface area (Å²) in [5, 5.41) is 2.21. The molecule has 0 radical (unpaired) electrons. The Labute approximate surface area is 184 Å². The van der Waals surface area contributed by atoms with Crippen LogP contribution in [0, 0.1) is 5.92 Å². The monoisotopic (exact) mass is 434 g/mol. The van der Waals surface area contributed by atoms with E-state index in [9.17, 15) is 9.59 Å². The van der Waals surface area contributed by atoms with E-state index in [0.717, 1.165) is 11.3 Å². The van der Waals surface area contributed by atoms with Crippen LogP contribution in [0.1, 0.15) is 11.6 Å². The van der Waals surface area contributed by atoms with E-state index in [1.165, 1.54) is 4.90 Å². The topological polar surface area (TPSA) is 59.1 Å². The second-order valence-electron chi connectivity index (χ2n) is 7.42. The number of rotatable bonds is 4. The van der Waals surface area contributed by atoms with Gasteiger partial charge in [0.2, 0.25) is 5.91 Å². The molecule has 3 aromatic rings. The van der Waals surface area contributed by atoms with Gasteiger partial charge in [0.05, 0.1) is 24.5 Å². The van der Waals surface area contributed by atoms with Crippen molar-refractivity contribution in [3.8, 4) is 5.75 Å². The molecule has 2 aliphatic heterocycles. The zero-order valence-corrected chi connectivity index (χ0v) is 17.4. The number of fused-ring (bicyclic) bond motifs is 1. The first-order chi connectivity index (χ1) is 15.1. The van der Waals surface area contributed by atoms with Crippen LogP contribution in [0.25, 0.3) is 0 Å². The Balaban J connectivity index is 1.57. The minimum atomic E-state index is -0.907. The van der Waals surface area contributed by atoms with E-state index >= 15 is 0 Å². The lowest BCUT2D eigenvalue weighted by Gasteiger charge is -2.28. The standard InChI is InChI=1S/C24H19ClN2O4/c1-30-19-13-7-15(8-14-19)21-20-22(31-27(21)18-5-3-2-4-6-18)24(29)26(23(20)28)17-11-9-16(25)10-12-17/h2-14,20-22H,1H3. The number of imide groups is 1. The molecule has 7 heteroatoms. The summed E-state index contributed by atoms with van der Waals surface area (Å²) in [5.41, 5.74) is 2.12. The molecule has 6 nitrogen and oxygen atoms in total. The van der Waals surface area contributed by atoms with E-state index in [0.29, 0.717) is 16.5 Å². The number of para-hydroxylation sites is 1. The van der Waals surface area contributed by atoms with Crippen LogP contribution >= 0.6 is 11.6 Å². The third-order valence-corrected chi connectivity index (χ3v) is 5.92. The normalized spacial score (nSPS) is 22.7. The molecule has 31 heavy (non-hydrogen) atoms. The lowest BCUT2D eigenvalue weighted by molar-refractivity contribution is -0.126. The molecule has 3 atom stereocenters. The molecule has 0 aliphatic carbocycles. The summed E-state index contributed by atoms with van der Waals surface area (Å²) >= 11 is 5.97. The molecular weight excluding hydrogens is 416 g/mol. The van der Waals surface area contributed by atoms with Gasteiger partial charge in [0.25, 0.3) is 5.91 Å². The van der Waals surface area contributed by atoms with Gasteiger partial charge in [0, 0.05) is 5.02 Å². The predicted molar refractivity (Wildman–Crippen MR) is 117 cm³/mol. The van der Waals surface area contributed by atoms with Gasteiger partial charge in [-0.1, -0.05) is 41.9 Å². The van der Waals surface area contributed by atoms with Crippen LogP contribution < -0.4 is 14.7 Å². The summed E-state index contributed by atoms with van der Waals surface area (Å²) in [6.07, 6.45) is -0.907. The molecule has 2 amide bonds. The number of hydrogen-bond acceptors (Lipinski definition) is 5. The van der Waals surface area contributed by atoms with Gasteiger partial charge < -0.3 is 4.74 Å². The number of amides is 2. The van der Waals surface area contributed by atoms with Crippen molar-refractivity contribution in [3.05, 3.63) is 89.4 Å². The van der Waals surface area contributed by atoms with E-state index in [2.05, 4.69) is 0 Å². The average molecular weight is 435 g/mol. The number of benzene rings is 3. The van der Waals surface area contributed by atoms with Crippen LogP contribution in [0.5, 0.6) is 5.75 Å². The highest BCUT2D eigenvalue weighted by atomic mass is 35.5. The summed E-state index contributed by atoms with van der Waals surface area (Å²) in [6, 6.07) is 23.1. The number of ether oxygens (including phenoxy) is 1. The third-order valence-electron chi connectivity index (χ3n) is 5.67. The highest BCUT2D eigenvalue weighted by molar-refractivity contribution is 6.31. The van der Waals surface area contributed by atoms with Crippen molar-refractivity contribution in [1.82, 2.24) is 0 Å². The molecule has 156 valence electrons. The van der Waals surface area contributed by atoms with E-state index in [4.69, 9.17) is 21.2 Å². The molecule has 2 heterocycles. The Bertz CT molecular complexity index is 1120. The number of carbonyl (C=O) groups excluding carboxylic acids is 2. The van der Waals surface area contributed by atoms with Gasteiger partial charge in [-0.3, -0.25) is 14.4 Å². The number of carbonyl (C=O) groups is 2. The summed E-state index contributed by atoms with van der Waals surface area (Å²) in [4.78, 5) is 34.1. The van der Waals surface area contributed by atoms with Crippen molar-refractivity contribution in [3.63, 3.8) is 0 Å². The van der Waals surface area contributed by atoms with Crippen molar-refractivity contribution in [2.75, 3.05) is 17.1 Å². The minimum Gasteiger partial charge on any atom is -0.497 e. The predicted octanol–water partition coefficient (Wildman–Crippen LogP) is 4.40. The summed E-state index contributed by atoms with van der Waals surface area (Å²) < 4.78 is 5.27. The number of halogens is 1. The fourth-order valence-corrected chi connectivity index (χ4v) is 4.32. The average Bonchev–Trinajstić information content (AvgIpc) is 3.31. The first-order valence-corrected chi connectivity index (χ1v) is 10.2. The smallest absolute Gasteiger partial charge is 0.266 e. The first-order valence-electron chi connectivity index (χ1n) is 9.87. The molecule has 2 saturated heterocycles. The molecule has 2 fully saturated rings. The number of methoxy groups -OCH3 is 1. The van der Waals surface area contributed by atoms with Gasteiger partial charge in [-0.15, -0.1) is 0 Å². The van der Waals surface area contributed by atoms with Crippen LogP contribution in [0.3, 0.4) is 0 Å². The lowest BCUT2D eigenvalue weighted by Crippen LogP contribution is -2.37.